The predicted molar refractivity (Wildman–Crippen MR) is 111 cm³/mol. The maximum absolute atomic E-state index is 13.4. The second-order valence-corrected chi connectivity index (χ2v) is 7.55. The molecule has 0 radical (unpaired) electrons. The monoisotopic (exact) mass is 404 g/mol. The normalized spacial score (nSPS) is 11.3. The fraction of sp³-hybridized carbons (Fsp3) is 0.0455. The number of nitrogens with zero attached hydrogens (tertiary/aromatic N) is 2. The summed E-state index contributed by atoms with van der Waals surface area (Å²) in [5.41, 5.74) is -0.215. The molecule has 3 aromatic heterocycles. The van der Waals surface area contributed by atoms with Crippen molar-refractivity contribution in [3.05, 3.63) is 99.1 Å². The molecule has 0 fully saturated rings. The molecule has 0 amide bonds. The largest absolute Gasteiger partial charge is 0.467 e. The fourth-order valence-corrected chi connectivity index (χ4v) is 4.35. The van der Waals surface area contributed by atoms with Crippen LogP contribution in [0.5, 0.6) is 0 Å². The molecular formula is C22H13FN2O3S. The number of fused-ring (bicyclic) bond motifs is 2. The fourth-order valence-electron chi connectivity index (χ4n) is 3.31. The van der Waals surface area contributed by atoms with Gasteiger partial charge in [0.05, 0.1) is 12.8 Å². The molecule has 0 spiro atoms. The maximum atomic E-state index is 13.4. The van der Waals surface area contributed by atoms with Crippen molar-refractivity contribution >= 4 is 31.6 Å². The number of halogens is 1. The number of hydrogen-bond donors (Lipinski definition) is 0. The summed E-state index contributed by atoms with van der Waals surface area (Å²) in [7, 11) is 0. The van der Waals surface area contributed by atoms with Crippen LogP contribution >= 0.6 is 11.3 Å². The van der Waals surface area contributed by atoms with E-state index in [1.807, 2.05) is 12.1 Å². The first-order valence-electron chi connectivity index (χ1n) is 8.86. The van der Waals surface area contributed by atoms with E-state index in [1.165, 1.54) is 34.3 Å². The third-order valence-electron chi connectivity index (χ3n) is 4.70. The van der Waals surface area contributed by atoms with Gasteiger partial charge in [0.15, 0.2) is 0 Å². The van der Waals surface area contributed by atoms with Gasteiger partial charge >= 0.3 is 0 Å². The van der Waals surface area contributed by atoms with E-state index in [0.717, 1.165) is 4.70 Å². The number of rotatable bonds is 3. The standard InChI is InChI=1S/C22H13FN2O3S/c23-14-9-7-13(8-10-14)20-24-21-18(19(26)16-5-1-2-6-17(16)29-21)22(27)25(20)12-15-4-3-11-28-15/h1-11H,12H2. The Bertz CT molecular complexity index is 1470. The molecule has 0 aliphatic heterocycles. The second kappa shape index (κ2) is 6.79. The summed E-state index contributed by atoms with van der Waals surface area (Å²) in [6, 6.07) is 16.3. The molecular weight excluding hydrogens is 391 g/mol. The van der Waals surface area contributed by atoms with Crippen LogP contribution in [-0.4, -0.2) is 9.55 Å². The second-order valence-electron chi connectivity index (χ2n) is 6.52. The van der Waals surface area contributed by atoms with Gasteiger partial charge in [0.25, 0.3) is 5.56 Å². The van der Waals surface area contributed by atoms with Crippen molar-refractivity contribution in [2.75, 3.05) is 0 Å². The van der Waals surface area contributed by atoms with Crippen LogP contribution in [0.1, 0.15) is 5.76 Å². The molecule has 0 atom stereocenters. The van der Waals surface area contributed by atoms with Gasteiger partial charge in [-0.15, -0.1) is 11.3 Å². The molecule has 5 aromatic rings. The molecule has 0 saturated carbocycles. The minimum atomic E-state index is -0.447. The third kappa shape index (κ3) is 2.96. The molecule has 5 rings (SSSR count). The van der Waals surface area contributed by atoms with Crippen LogP contribution in [0, 0.1) is 5.82 Å². The van der Waals surface area contributed by atoms with Gasteiger partial charge in [-0.1, -0.05) is 12.1 Å². The summed E-state index contributed by atoms with van der Waals surface area (Å²) in [6.45, 7) is 0.110. The lowest BCUT2D eigenvalue weighted by atomic mass is 10.2. The number of benzene rings is 2. The topological polar surface area (TPSA) is 65.1 Å². The Kier molecular flexibility index (Phi) is 4.10. The molecule has 0 aliphatic carbocycles. The van der Waals surface area contributed by atoms with Crippen molar-refractivity contribution in [2.24, 2.45) is 0 Å². The Morgan fingerprint density at radius 1 is 1.00 bits per heavy atom. The molecule has 3 heterocycles. The highest BCUT2D eigenvalue weighted by molar-refractivity contribution is 7.24. The highest BCUT2D eigenvalue weighted by atomic mass is 32.1. The zero-order chi connectivity index (χ0) is 20.0. The molecule has 7 heteroatoms. The predicted octanol–water partition coefficient (Wildman–Crippen LogP) is 4.42. The highest BCUT2D eigenvalue weighted by Crippen LogP contribution is 2.25. The minimum Gasteiger partial charge on any atom is -0.467 e. The van der Waals surface area contributed by atoms with Crippen LogP contribution in [0.25, 0.3) is 31.7 Å². The van der Waals surface area contributed by atoms with Crippen LogP contribution in [0.2, 0.25) is 0 Å². The number of furan rings is 1. The lowest BCUT2D eigenvalue weighted by Crippen LogP contribution is -2.27. The van der Waals surface area contributed by atoms with Crippen molar-refractivity contribution in [2.45, 2.75) is 6.54 Å². The van der Waals surface area contributed by atoms with Crippen LogP contribution in [0.3, 0.4) is 0 Å². The molecule has 142 valence electrons. The van der Waals surface area contributed by atoms with Crippen LogP contribution in [0.15, 0.2) is 80.9 Å². The summed E-state index contributed by atoms with van der Waals surface area (Å²) in [4.78, 5) is 31.4. The Morgan fingerprint density at radius 2 is 1.79 bits per heavy atom. The van der Waals surface area contributed by atoms with Gasteiger partial charge in [0.1, 0.15) is 27.6 Å². The Balaban J connectivity index is 1.88. The maximum Gasteiger partial charge on any atom is 0.266 e. The Morgan fingerprint density at radius 3 is 2.55 bits per heavy atom. The molecule has 0 aliphatic rings. The molecule has 0 N–H and O–H groups in total. The molecule has 5 nitrogen and oxygen atoms in total. The molecule has 0 bridgehead atoms. The molecule has 2 aromatic carbocycles. The SMILES string of the molecule is O=c1c2ccccc2sc2nc(-c3ccc(F)cc3)n(Cc3ccco3)c(=O)c12. The summed E-state index contributed by atoms with van der Waals surface area (Å²) in [5, 5.41) is 0.536. The van der Waals surface area contributed by atoms with Crippen LogP contribution in [0.4, 0.5) is 4.39 Å². The van der Waals surface area contributed by atoms with Crippen LogP contribution in [-0.2, 0) is 6.54 Å². The average molecular weight is 404 g/mol. The first-order valence-corrected chi connectivity index (χ1v) is 9.68. The third-order valence-corrected chi connectivity index (χ3v) is 5.76. The van der Waals surface area contributed by atoms with Gasteiger partial charge in [0, 0.05) is 15.6 Å². The summed E-state index contributed by atoms with van der Waals surface area (Å²) < 4.78 is 21.0. The van der Waals surface area contributed by atoms with Gasteiger partial charge in [-0.05, 0) is 48.5 Å². The highest BCUT2D eigenvalue weighted by Gasteiger charge is 2.18. The van der Waals surface area contributed by atoms with Crippen molar-refractivity contribution in [3.8, 4) is 11.4 Å². The van der Waals surface area contributed by atoms with Crippen molar-refractivity contribution < 1.29 is 8.81 Å². The van der Waals surface area contributed by atoms with Gasteiger partial charge in [-0.2, -0.15) is 0 Å². The van der Waals surface area contributed by atoms with E-state index in [9.17, 15) is 14.0 Å². The van der Waals surface area contributed by atoms with E-state index in [1.54, 1.807) is 36.4 Å². The quantitative estimate of drug-likeness (QED) is 0.418. The van der Waals surface area contributed by atoms with Crippen molar-refractivity contribution in [1.82, 2.24) is 9.55 Å². The minimum absolute atomic E-state index is 0.0473. The summed E-state index contributed by atoms with van der Waals surface area (Å²) in [6.07, 6.45) is 1.51. The smallest absolute Gasteiger partial charge is 0.266 e. The molecule has 0 saturated heterocycles. The first kappa shape index (κ1) is 17.5. The van der Waals surface area contributed by atoms with E-state index in [2.05, 4.69) is 4.98 Å². The Labute approximate surface area is 167 Å². The van der Waals surface area contributed by atoms with Gasteiger partial charge in [0.2, 0.25) is 5.43 Å². The number of hydrogen-bond acceptors (Lipinski definition) is 5. The first-order chi connectivity index (χ1) is 14.1. The van der Waals surface area contributed by atoms with E-state index in [4.69, 9.17) is 4.42 Å². The van der Waals surface area contributed by atoms with E-state index in [0.29, 0.717) is 27.4 Å². The van der Waals surface area contributed by atoms with Crippen molar-refractivity contribution in [3.63, 3.8) is 0 Å². The average Bonchev–Trinajstić information content (AvgIpc) is 3.24. The Hall–Kier alpha value is -3.58. The van der Waals surface area contributed by atoms with E-state index >= 15 is 0 Å². The lowest BCUT2D eigenvalue weighted by Gasteiger charge is -2.13. The summed E-state index contributed by atoms with van der Waals surface area (Å²) >= 11 is 1.29. The van der Waals surface area contributed by atoms with Gasteiger partial charge < -0.3 is 4.42 Å². The molecule has 29 heavy (non-hydrogen) atoms. The van der Waals surface area contributed by atoms with E-state index in [-0.39, 0.29) is 23.2 Å². The van der Waals surface area contributed by atoms with E-state index < -0.39 is 5.56 Å². The zero-order valence-electron chi connectivity index (χ0n) is 15.0. The zero-order valence-corrected chi connectivity index (χ0v) is 15.8. The van der Waals surface area contributed by atoms with Gasteiger partial charge in [-0.25, -0.2) is 9.37 Å². The van der Waals surface area contributed by atoms with Gasteiger partial charge in [-0.3, -0.25) is 14.2 Å². The van der Waals surface area contributed by atoms with Crippen molar-refractivity contribution in [1.29, 1.82) is 0 Å². The van der Waals surface area contributed by atoms with Crippen LogP contribution < -0.4 is 11.0 Å². The number of aromatic nitrogens is 2. The summed E-state index contributed by atoms with van der Waals surface area (Å²) in [5.74, 6) is 0.517. The lowest BCUT2D eigenvalue weighted by molar-refractivity contribution is 0.490. The molecule has 0 unspecified atom stereocenters.